The van der Waals surface area contributed by atoms with Gasteiger partial charge in [-0.3, -0.25) is 9.78 Å². The lowest BCUT2D eigenvalue weighted by Gasteiger charge is -2.26. The largest absolute Gasteiger partial charge is 0.368 e. The fourth-order valence-electron chi connectivity index (χ4n) is 2.10. The van der Waals surface area contributed by atoms with Crippen LogP contribution in [0.15, 0.2) is 24.5 Å². The zero-order valence-corrected chi connectivity index (χ0v) is 12.6. The number of rotatable bonds is 7. The third-order valence-electron chi connectivity index (χ3n) is 3.37. The molecule has 110 valence electrons. The number of aromatic nitrogens is 1. The summed E-state index contributed by atoms with van der Waals surface area (Å²) in [4.78, 5) is 18.6. The number of carbonyl (C=O) groups excluding carboxylic acids is 1. The molecule has 1 saturated carbocycles. The molecule has 1 aromatic heterocycles. The van der Waals surface area contributed by atoms with Crippen LogP contribution in [0.4, 0.5) is 0 Å². The standard InChI is InChI=1S/C16H24N2O2/c1-12(2)11-20-13(3)16(19)18(15-6-7-15)10-14-5-4-8-17-9-14/h4-5,8-9,12-13,15H,6-7,10-11H2,1-3H3/t13-/m1/s1. The first-order chi connectivity index (χ1) is 9.58. The van der Waals surface area contributed by atoms with E-state index in [4.69, 9.17) is 4.74 Å². The van der Waals surface area contributed by atoms with Gasteiger partial charge in [0.05, 0.1) is 0 Å². The van der Waals surface area contributed by atoms with Crippen molar-refractivity contribution in [1.29, 1.82) is 0 Å². The van der Waals surface area contributed by atoms with Crippen LogP contribution in [-0.2, 0) is 16.1 Å². The Morgan fingerprint density at radius 2 is 2.20 bits per heavy atom. The molecule has 0 spiro atoms. The summed E-state index contributed by atoms with van der Waals surface area (Å²) in [7, 11) is 0. The van der Waals surface area contributed by atoms with Gasteiger partial charge in [0.2, 0.25) is 0 Å². The predicted octanol–water partition coefficient (Wildman–Crippen LogP) is 2.63. The van der Waals surface area contributed by atoms with Crippen LogP contribution in [0.2, 0.25) is 0 Å². The number of pyridine rings is 1. The Kier molecular flexibility index (Phi) is 5.12. The van der Waals surface area contributed by atoms with Crippen molar-refractivity contribution >= 4 is 5.91 Å². The van der Waals surface area contributed by atoms with Crippen LogP contribution in [0.3, 0.4) is 0 Å². The van der Waals surface area contributed by atoms with E-state index in [2.05, 4.69) is 18.8 Å². The van der Waals surface area contributed by atoms with Gasteiger partial charge < -0.3 is 9.64 Å². The van der Waals surface area contributed by atoms with Gasteiger partial charge in [-0.2, -0.15) is 0 Å². The van der Waals surface area contributed by atoms with Crippen LogP contribution in [0, 0.1) is 5.92 Å². The van der Waals surface area contributed by atoms with Crippen LogP contribution in [0.5, 0.6) is 0 Å². The van der Waals surface area contributed by atoms with Crippen LogP contribution in [-0.4, -0.2) is 34.5 Å². The second-order valence-corrected chi connectivity index (χ2v) is 5.93. The summed E-state index contributed by atoms with van der Waals surface area (Å²) in [6.45, 7) is 7.28. The summed E-state index contributed by atoms with van der Waals surface area (Å²) in [5.74, 6) is 0.537. The summed E-state index contributed by atoms with van der Waals surface area (Å²) in [5, 5.41) is 0. The lowest BCUT2D eigenvalue weighted by molar-refractivity contribution is -0.144. The van der Waals surface area contributed by atoms with Gasteiger partial charge in [0.1, 0.15) is 6.10 Å². The van der Waals surface area contributed by atoms with E-state index in [9.17, 15) is 4.79 Å². The maximum absolute atomic E-state index is 12.5. The molecule has 0 N–H and O–H groups in total. The lowest BCUT2D eigenvalue weighted by atomic mass is 10.2. The molecule has 1 fully saturated rings. The Labute approximate surface area is 121 Å². The van der Waals surface area contributed by atoms with Crippen LogP contribution < -0.4 is 0 Å². The molecular weight excluding hydrogens is 252 g/mol. The van der Waals surface area contributed by atoms with E-state index in [-0.39, 0.29) is 12.0 Å². The molecule has 1 aliphatic carbocycles. The van der Waals surface area contributed by atoms with Crippen LogP contribution in [0.25, 0.3) is 0 Å². The van der Waals surface area contributed by atoms with Crippen LogP contribution in [0.1, 0.15) is 39.2 Å². The van der Waals surface area contributed by atoms with Crippen molar-refractivity contribution in [2.24, 2.45) is 5.92 Å². The first-order valence-corrected chi connectivity index (χ1v) is 7.39. The van der Waals surface area contributed by atoms with Gasteiger partial charge in [0.25, 0.3) is 5.91 Å². The highest BCUT2D eigenvalue weighted by molar-refractivity contribution is 5.81. The molecule has 1 atom stereocenters. The molecule has 2 rings (SSSR count). The summed E-state index contributed by atoms with van der Waals surface area (Å²) >= 11 is 0. The normalized spacial score (nSPS) is 16.2. The van der Waals surface area contributed by atoms with E-state index in [0.717, 1.165) is 18.4 Å². The van der Waals surface area contributed by atoms with Gasteiger partial charge in [-0.05, 0) is 37.3 Å². The number of carbonyl (C=O) groups is 1. The molecule has 1 heterocycles. The zero-order chi connectivity index (χ0) is 14.5. The predicted molar refractivity (Wildman–Crippen MR) is 78.1 cm³/mol. The van der Waals surface area contributed by atoms with E-state index in [0.29, 0.717) is 25.1 Å². The monoisotopic (exact) mass is 276 g/mol. The summed E-state index contributed by atoms with van der Waals surface area (Å²) in [6.07, 6.45) is 5.41. The van der Waals surface area contributed by atoms with Crippen molar-refractivity contribution < 1.29 is 9.53 Å². The highest BCUT2D eigenvalue weighted by Crippen LogP contribution is 2.29. The maximum Gasteiger partial charge on any atom is 0.251 e. The fourth-order valence-corrected chi connectivity index (χ4v) is 2.10. The van der Waals surface area contributed by atoms with E-state index < -0.39 is 0 Å². The highest BCUT2D eigenvalue weighted by atomic mass is 16.5. The number of hydrogen-bond donors (Lipinski definition) is 0. The zero-order valence-electron chi connectivity index (χ0n) is 12.6. The Bertz CT molecular complexity index is 429. The molecule has 0 aliphatic heterocycles. The maximum atomic E-state index is 12.5. The van der Waals surface area contributed by atoms with Gasteiger partial charge >= 0.3 is 0 Å². The number of hydrogen-bond acceptors (Lipinski definition) is 3. The van der Waals surface area contributed by atoms with Crippen molar-refractivity contribution in [2.75, 3.05) is 6.61 Å². The van der Waals surface area contributed by atoms with Crippen molar-refractivity contribution in [3.8, 4) is 0 Å². The Balaban J connectivity index is 1.96. The van der Waals surface area contributed by atoms with E-state index >= 15 is 0 Å². The van der Waals surface area contributed by atoms with E-state index in [1.807, 2.05) is 30.2 Å². The van der Waals surface area contributed by atoms with E-state index in [1.54, 1.807) is 6.20 Å². The summed E-state index contributed by atoms with van der Waals surface area (Å²) in [6, 6.07) is 4.30. The van der Waals surface area contributed by atoms with Crippen molar-refractivity contribution in [2.45, 2.75) is 52.3 Å². The van der Waals surface area contributed by atoms with Crippen molar-refractivity contribution in [1.82, 2.24) is 9.88 Å². The molecule has 1 aromatic rings. The molecule has 4 nitrogen and oxygen atoms in total. The molecule has 0 radical (unpaired) electrons. The first-order valence-electron chi connectivity index (χ1n) is 7.39. The molecule has 1 amide bonds. The Hall–Kier alpha value is -1.42. The van der Waals surface area contributed by atoms with Gasteiger partial charge in [-0.1, -0.05) is 19.9 Å². The quantitative estimate of drug-likeness (QED) is 0.769. The molecule has 0 saturated heterocycles. The minimum Gasteiger partial charge on any atom is -0.368 e. The average molecular weight is 276 g/mol. The number of amides is 1. The molecule has 0 aromatic carbocycles. The van der Waals surface area contributed by atoms with Gasteiger partial charge in [0, 0.05) is 31.6 Å². The second kappa shape index (κ2) is 6.84. The second-order valence-electron chi connectivity index (χ2n) is 5.93. The smallest absolute Gasteiger partial charge is 0.251 e. The van der Waals surface area contributed by atoms with Gasteiger partial charge in [-0.25, -0.2) is 0 Å². The first kappa shape index (κ1) is 15.0. The van der Waals surface area contributed by atoms with Gasteiger partial charge in [0.15, 0.2) is 0 Å². The third-order valence-corrected chi connectivity index (χ3v) is 3.37. The third kappa shape index (κ3) is 4.30. The molecule has 0 bridgehead atoms. The number of ether oxygens (including phenoxy) is 1. The lowest BCUT2D eigenvalue weighted by Crippen LogP contribution is -2.40. The SMILES string of the molecule is CC(C)CO[C@H](C)C(=O)N(Cc1cccnc1)C1CC1. The number of nitrogens with zero attached hydrogens (tertiary/aromatic N) is 2. The molecular formula is C16H24N2O2. The van der Waals surface area contributed by atoms with Crippen LogP contribution >= 0.6 is 0 Å². The minimum atomic E-state index is -0.366. The highest BCUT2D eigenvalue weighted by Gasteiger charge is 2.34. The molecule has 20 heavy (non-hydrogen) atoms. The topological polar surface area (TPSA) is 42.4 Å². The Morgan fingerprint density at radius 1 is 1.45 bits per heavy atom. The van der Waals surface area contributed by atoms with Gasteiger partial charge in [-0.15, -0.1) is 0 Å². The average Bonchev–Trinajstić information content (AvgIpc) is 3.27. The molecule has 0 unspecified atom stereocenters. The van der Waals surface area contributed by atoms with E-state index in [1.165, 1.54) is 0 Å². The minimum absolute atomic E-state index is 0.0944. The Morgan fingerprint density at radius 3 is 2.75 bits per heavy atom. The summed E-state index contributed by atoms with van der Waals surface area (Å²) < 4.78 is 5.65. The van der Waals surface area contributed by atoms with Crippen molar-refractivity contribution in [3.63, 3.8) is 0 Å². The molecule has 4 heteroatoms. The fraction of sp³-hybridized carbons (Fsp3) is 0.625. The summed E-state index contributed by atoms with van der Waals surface area (Å²) in [5.41, 5.74) is 1.07. The van der Waals surface area contributed by atoms with Crippen molar-refractivity contribution in [3.05, 3.63) is 30.1 Å². The molecule has 1 aliphatic rings.